The SMILES string of the molecule is CCCCC(N)C[Si]O. The average molecular weight is 145 g/mol. The van der Waals surface area contributed by atoms with E-state index < -0.39 is 0 Å². The summed E-state index contributed by atoms with van der Waals surface area (Å²) in [5, 5.41) is 0. The molecular weight excluding hydrogens is 130 g/mol. The zero-order valence-electron chi connectivity index (χ0n) is 5.93. The third kappa shape index (κ3) is 6.02. The van der Waals surface area contributed by atoms with Crippen LogP contribution < -0.4 is 5.73 Å². The van der Waals surface area contributed by atoms with Crippen molar-refractivity contribution in [2.45, 2.75) is 38.3 Å². The zero-order chi connectivity index (χ0) is 7.11. The Kier molecular flexibility index (Phi) is 6.35. The second-order valence-electron chi connectivity index (χ2n) is 2.26. The third-order valence-corrected chi connectivity index (χ3v) is 1.99. The van der Waals surface area contributed by atoms with Crippen LogP contribution in [0.5, 0.6) is 0 Å². The van der Waals surface area contributed by atoms with E-state index in [4.69, 9.17) is 10.5 Å². The van der Waals surface area contributed by atoms with Crippen LogP contribution in [0.2, 0.25) is 6.04 Å². The fourth-order valence-corrected chi connectivity index (χ4v) is 1.12. The van der Waals surface area contributed by atoms with E-state index in [1.165, 1.54) is 12.8 Å². The van der Waals surface area contributed by atoms with Gasteiger partial charge >= 0.3 is 0 Å². The molecule has 2 nitrogen and oxygen atoms in total. The number of hydrogen-bond donors (Lipinski definition) is 2. The molecule has 1 unspecified atom stereocenters. The Morgan fingerprint density at radius 3 is 2.78 bits per heavy atom. The van der Waals surface area contributed by atoms with Gasteiger partial charge in [-0.05, 0) is 12.5 Å². The molecule has 1 atom stereocenters. The van der Waals surface area contributed by atoms with Gasteiger partial charge in [0.05, 0.1) is 0 Å². The Balaban J connectivity index is 2.95. The third-order valence-electron chi connectivity index (χ3n) is 1.28. The number of unbranched alkanes of at least 4 members (excludes halogenated alkanes) is 1. The summed E-state index contributed by atoms with van der Waals surface area (Å²) in [5.41, 5.74) is 5.62. The second-order valence-corrected chi connectivity index (χ2v) is 2.99. The molecule has 0 fully saturated rings. The minimum atomic E-state index is 0.0244. The van der Waals surface area contributed by atoms with Crippen LogP contribution in [0.4, 0.5) is 0 Å². The first-order valence-corrected chi connectivity index (χ1v) is 4.59. The van der Waals surface area contributed by atoms with E-state index in [2.05, 4.69) is 6.92 Å². The Morgan fingerprint density at radius 1 is 1.67 bits per heavy atom. The molecule has 0 aromatic carbocycles. The zero-order valence-corrected chi connectivity index (χ0v) is 6.93. The van der Waals surface area contributed by atoms with Crippen molar-refractivity contribution in [3.05, 3.63) is 0 Å². The molecule has 0 aromatic heterocycles. The van der Waals surface area contributed by atoms with Crippen molar-refractivity contribution in [2.24, 2.45) is 5.73 Å². The van der Waals surface area contributed by atoms with E-state index in [0.29, 0.717) is 0 Å². The lowest BCUT2D eigenvalue weighted by molar-refractivity contribution is 0.561. The van der Waals surface area contributed by atoms with Crippen LogP contribution in [0.3, 0.4) is 0 Å². The van der Waals surface area contributed by atoms with Gasteiger partial charge in [-0.15, -0.1) is 0 Å². The Bertz CT molecular complexity index is 61.0. The number of rotatable bonds is 5. The van der Waals surface area contributed by atoms with Gasteiger partial charge in [-0.2, -0.15) is 0 Å². The first-order valence-electron chi connectivity index (χ1n) is 3.43. The molecule has 0 bridgehead atoms. The fraction of sp³-hybridized carbons (Fsp3) is 1.00. The molecule has 3 heteroatoms. The van der Waals surface area contributed by atoms with Gasteiger partial charge in [0.25, 0.3) is 0 Å². The first kappa shape index (κ1) is 9.14. The summed E-state index contributed by atoms with van der Waals surface area (Å²) in [7, 11) is 0.0244. The summed E-state index contributed by atoms with van der Waals surface area (Å²) >= 11 is 0. The van der Waals surface area contributed by atoms with Crippen LogP contribution >= 0.6 is 0 Å². The number of nitrogens with two attached hydrogens (primary N) is 1. The van der Waals surface area contributed by atoms with Crippen LogP contribution in [0.15, 0.2) is 0 Å². The minimum Gasteiger partial charge on any atom is -0.432 e. The maximum absolute atomic E-state index is 8.48. The van der Waals surface area contributed by atoms with Gasteiger partial charge in [0.15, 0.2) is 0 Å². The van der Waals surface area contributed by atoms with Gasteiger partial charge in [0.1, 0.15) is 0 Å². The van der Waals surface area contributed by atoms with Gasteiger partial charge < -0.3 is 10.5 Å². The lowest BCUT2D eigenvalue weighted by atomic mass is 10.2. The predicted octanol–water partition coefficient (Wildman–Crippen LogP) is 0.534. The quantitative estimate of drug-likeness (QED) is 0.554. The van der Waals surface area contributed by atoms with Crippen molar-refractivity contribution in [3.8, 4) is 0 Å². The van der Waals surface area contributed by atoms with Crippen LogP contribution in [0, 0.1) is 0 Å². The Morgan fingerprint density at radius 2 is 2.33 bits per heavy atom. The highest BCUT2D eigenvalue weighted by atomic mass is 28.2. The van der Waals surface area contributed by atoms with Gasteiger partial charge in [-0.25, -0.2) is 0 Å². The maximum Gasteiger partial charge on any atom is 0.225 e. The monoisotopic (exact) mass is 145 g/mol. The predicted molar refractivity (Wildman–Crippen MR) is 40.3 cm³/mol. The highest BCUT2D eigenvalue weighted by molar-refractivity contribution is 6.25. The standard InChI is InChI=1S/C6H15NOSi/c1-2-3-4-6(7)5-9-8/h6,8H,2-5,7H2,1H3. The van der Waals surface area contributed by atoms with Crippen LogP contribution in [-0.2, 0) is 0 Å². The number of hydrogen-bond acceptors (Lipinski definition) is 2. The molecule has 0 spiro atoms. The largest absolute Gasteiger partial charge is 0.432 e. The van der Waals surface area contributed by atoms with Crippen molar-refractivity contribution >= 4 is 9.76 Å². The fourth-order valence-electron chi connectivity index (χ4n) is 0.686. The average Bonchev–Trinajstić information content (AvgIpc) is 1.85. The van der Waals surface area contributed by atoms with Crippen molar-refractivity contribution in [1.29, 1.82) is 0 Å². The highest BCUT2D eigenvalue weighted by Crippen LogP contribution is 2.00. The smallest absolute Gasteiger partial charge is 0.225 e. The summed E-state index contributed by atoms with van der Waals surface area (Å²) in [6, 6.07) is 1.01. The molecule has 0 amide bonds. The van der Waals surface area contributed by atoms with Gasteiger partial charge in [-0.3, -0.25) is 0 Å². The molecule has 0 aliphatic rings. The normalized spacial score (nSPS) is 13.7. The van der Waals surface area contributed by atoms with Gasteiger partial charge in [0.2, 0.25) is 9.76 Å². The van der Waals surface area contributed by atoms with Crippen molar-refractivity contribution < 1.29 is 4.80 Å². The van der Waals surface area contributed by atoms with E-state index in [9.17, 15) is 0 Å². The summed E-state index contributed by atoms with van der Waals surface area (Å²) in [4.78, 5) is 8.48. The summed E-state index contributed by atoms with van der Waals surface area (Å²) in [5.74, 6) is 0. The summed E-state index contributed by atoms with van der Waals surface area (Å²) < 4.78 is 0. The molecule has 0 saturated heterocycles. The molecule has 0 heterocycles. The Hall–Kier alpha value is 0.137. The molecule has 9 heavy (non-hydrogen) atoms. The molecule has 0 aliphatic carbocycles. The first-order chi connectivity index (χ1) is 4.31. The van der Waals surface area contributed by atoms with Crippen molar-refractivity contribution in [3.63, 3.8) is 0 Å². The molecule has 3 N–H and O–H groups in total. The molecular formula is C6H15NOSi. The molecule has 0 rings (SSSR count). The van der Waals surface area contributed by atoms with E-state index in [1.807, 2.05) is 0 Å². The molecule has 54 valence electrons. The maximum atomic E-state index is 8.48. The van der Waals surface area contributed by atoms with Crippen LogP contribution in [0.25, 0.3) is 0 Å². The van der Waals surface area contributed by atoms with Gasteiger partial charge in [-0.1, -0.05) is 19.8 Å². The van der Waals surface area contributed by atoms with E-state index >= 15 is 0 Å². The minimum absolute atomic E-state index is 0.0244. The van der Waals surface area contributed by atoms with Crippen molar-refractivity contribution in [2.75, 3.05) is 0 Å². The lowest BCUT2D eigenvalue weighted by Crippen LogP contribution is -2.21. The molecule has 2 radical (unpaired) electrons. The Labute approximate surface area is 59.4 Å². The summed E-state index contributed by atoms with van der Waals surface area (Å²) in [6.45, 7) is 2.15. The molecule has 0 aliphatic heterocycles. The van der Waals surface area contributed by atoms with Crippen molar-refractivity contribution in [1.82, 2.24) is 0 Å². The lowest BCUT2D eigenvalue weighted by Gasteiger charge is -2.06. The highest BCUT2D eigenvalue weighted by Gasteiger charge is 1.99. The molecule has 0 saturated carbocycles. The summed E-state index contributed by atoms with van der Waals surface area (Å²) in [6.07, 6.45) is 3.44. The topological polar surface area (TPSA) is 46.2 Å². The van der Waals surface area contributed by atoms with E-state index in [0.717, 1.165) is 12.5 Å². The van der Waals surface area contributed by atoms with E-state index in [-0.39, 0.29) is 15.8 Å². The van der Waals surface area contributed by atoms with E-state index in [1.54, 1.807) is 0 Å². The second kappa shape index (κ2) is 6.26. The van der Waals surface area contributed by atoms with Gasteiger partial charge in [0, 0.05) is 6.04 Å². The molecule has 0 aromatic rings. The van der Waals surface area contributed by atoms with Crippen LogP contribution in [0.1, 0.15) is 26.2 Å². The van der Waals surface area contributed by atoms with Crippen LogP contribution in [-0.4, -0.2) is 20.6 Å².